The van der Waals surface area contributed by atoms with Gasteiger partial charge in [0.2, 0.25) is 0 Å². The lowest BCUT2D eigenvalue weighted by atomic mass is 10.2. The molecule has 0 aromatic rings. The van der Waals surface area contributed by atoms with E-state index in [9.17, 15) is 9.90 Å². The summed E-state index contributed by atoms with van der Waals surface area (Å²) in [4.78, 5) is 11.0. The normalized spacial score (nSPS) is 11.5. The van der Waals surface area contributed by atoms with Crippen LogP contribution in [0, 0.1) is 11.3 Å². The number of ether oxygens (including phenoxy) is 1. The van der Waals surface area contributed by atoms with Gasteiger partial charge in [-0.2, -0.15) is 5.26 Å². The Hall–Kier alpha value is -1.50. The van der Waals surface area contributed by atoms with Gasteiger partial charge < -0.3 is 9.84 Å². The third-order valence-electron chi connectivity index (χ3n) is 1.37. The minimum absolute atomic E-state index is 0.191. The first-order valence-electron chi connectivity index (χ1n) is 4.16. The van der Waals surface area contributed by atoms with Gasteiger partial charge in [-0.05, 0) is 13.3 Å². The first-order valence-corrected chi connectivity index (χ1v) is 4.16. The average Bonchev–Trinajstić information content (AvgIpc) is 2.06. The molecule has 4 nitrogen and oxygen atoms in total. The van der Waals surface area contributed by atoms with Crippen LogP contribution in [0.1, 0.15) is 26.7 Å². The Morgan fingerprint density at radius 2 is 2.15 bits per heavy atom. The predicted octanol–water partition coefficient (Wildman–Crippen LogP) is 1.69. The van der Waals surface area contributed by atoms with Crippen LogP contribution in [0.15, 0.2) is 11.3 Å². The van der Waals surface area contributed by atoms with Crippen molar-refractivity contribution in [3.05, 3.63) is 11.3 Å². The fraction of sp³-hybridized carbons (Fsp3) is 0.556. The summed E-state index contributed by atoms with van der Waals surface area (Å²) in [5.41, 5.74) is -0.288. The van der Waals surface area contributed by atoms with Crippen LogP contribution in [-0.2, 0) is 9.53 Å². The summed E-state index contributed by atoms with van der Waals surface area (Å²) in [6, 6.07) is 1.63. The molecule has 0 fully saturated rings. The molecule has 1 N–H and O–H groups in total. The van der Waals surface area contributed by atoms with Gasteiger partial charge >= 0.3 is 5.97 Å². The van der Waals surface area contributed by atoms with Crippen molar-refractivity contribution in [2.24, 2.45) is 0 Å². The van der Waals surface area contributed by atoms with Crippen LogP contribution < -0.4 is 0 Å². The zero-order valence-corrected chi connectivity index (χ0v) is 7.83. The van der Waals surface area contributed by atoms with Crippen LogP contribution in [0.5, 0.6) is 0 Å². The standard InChI is InChI=1S/C9H13NO3/c1-3-5-8(11)7(6-10)9(12)13-4-2/h11H,3-5H2,1-2H3. The Morgan fingerprint density at radius 1 is 1.54 bits per heavy atom. The molecule has 0 saturated heterocycles. The SMILES string of the molecule is CCCC(O)=C(C#N)C(=O)OCC. The van der Waals surface area contributed by atoms with E-state index in [4.69, 9.17) is 5.26 Å². The molecule has 0 radical (unpaired) electrons. The van der Waals surface area contributed by atoms with Crippen LogP contribution in [0.3, 0.4) is 0 Å². The van der Waals surface area contributed by atoms with Gasteiger partial charge in [-0.15, -0.1) is 0 Å². The number of nitrogens with zero attached hydrogens (tertiary/aromatic N) is 1. The molecule has 72 valence electrons. The average molecular weight is 183 g/mol. The van der Waals surface area contributed by atoms with Gasteiger partial charge in [-0.3, -0.25) is 0 Å². The first-order chi connectivity index (χ1) is 6.17. The lowest BCUT2D eigenvalue weighted by molar-refractivity contribution is -0.138. The molecule has 0 heterocycles. The van der Waals surface area contributed by atoms with Crippen LogP contribution >= 0.6 is 0 Å². The molecule has 0 spiro atoms. The number of nitriles is 1. The molecule has 0 aromatic carbocycles. The number of hydrogen-bond donors (Lipinski definition) is 1. The maximum absolute atomic E-state index is 11.0. The number of carbonyl (C=O) groups excluding carboxylic acids is 1. The topological polar surface area (TPSA) is 70.3 Å². The summed E-state index contributed by atoms with van der Waals surface area (Å²) < 4.78 is 4.58. The number of hydrogen-bond acceptors (Lipinski definition) is 4. The van der Waals surface area contributed by atoms with Crippen molar-refractivity contribution >= 4 is 5.97 Å². The maximum Gasteiger partial charge on any atom is 0.352 e. The second-order valence-corrected chi connectivity index (χ2v) is 2.40. The van der Waals surface area contributed by atoms with E-state index in [1.54, 1.807) is 13.0 Å². The fourth-order valence-electron chi connectivity index (χ4n) is 0.793. The van der Waals surface area contributed by atoms with Crippen molar-refractivity contribution in [1.82, 2.24) is 0 Å². The fourth-order valence-corrected chi connectivity index (χ4v) is 0.793. The number of aliphatic hydroxyl groups excluding tert-OH is 1. The van der Waals surface area contributed by atoms with Gasteiger partial charge in [0.25, 0.3) is 0 Å². The Kier molecular flexibility index (Phi) is 5.37. The maximum atomic E-state index is 11.0. The Labute approximate surface area is 77.4 Å². The van der Waals surface area contributed by atoms with Crippen molar-refractivity contribution < 1.29 is 14.6 Å². The molecule has 4 heteroatoms. The second-order valence-electron chi connectivity index (χ2n) is 2.40. The number of esters is 1. The lowest BCUT2D eigenvalue weighted by Gasteiger charge is -2.02. The zero-order chi connectivity index (χ0) is 10.3. The highest BCUT2D eigenvalue weighted by Crippen LogP contribution is 2.08. The molecule has 13 heavy (non-hydrogen) atoms. The van der Waals surface area contributed by atoms with E-state index in [1.165, 1.54) is 0 Å². The van der Waals surface area contributed by atoms with Crippen molar-refractivity contribution in [1.29, 1.82) is 5.26 Å². The summed E-state index contributed by atoms with van der Waals surface area (Å²) in [5.74, 6) is -0.945. The lowest BCUT2D eigenvalue weighted by Crippen LogP contribution is -2.09. The highest BCUT2D eigenvalue weighted by molar-refractivity contribution is 5.93. The molecule has 0 unspecified atom stereocenters. The van der Waals surface area contributed by atoms with E-state index in [0.717, 1.165) is 0 Å². The molecule has 0 amide bonds. The third kappa shape index (κ3) is 3.61. The van der Waals surface area contributed by atoms with Gasteiger partial charge in [-0.25, -0.2) is 4.79 Å². The van der Waals surface area contributed by atoms with Crippen molar-refractivity contribution in [2.75, 3.05) is 6.61 Å². The largest absolute Gasteiger partial charge is 0.511 e. The predicted molar refractivity (Wildman–Crippen MR) is 46.8 cm³/mol. The van der Waals surface area contributed by atoms with Gasteiger partial charge in [0.05, 0.1) is 6.61 Å². The number of aliphatic hydroxyl groups is 1. The van der Waals surface area contributed by atoms with Gasteiger partial charge in [0.1, 0.15) is 11.8 Å². The number of rotatable bonds is 4. The van der Waals surface area contributed by atoms with Gasteiger partial charge in [0, 0.05) is 6.42 Å². The van der Waals surface area contributed by atoms with Crippen LogP contribution in [-0.4, -0.2) is 17.7 Å². The first kappa shape index (κ1) is 11.5. The van der Waals surface area contributed by atoms with Crippen LogP contribution in [0.4, 0.5) is 0 Å². The number of carbonyl (C=O) groups is 1. The second kappa shape index (κ2) is 6.06. The van der Waals surface area contributed by atoms with Gasteiger partial charge in [-0.1, -0.05) is 6.92 Å². The van der Waals surface area contributed by atoms with E-state index in [-0.39, 0.29) is 17.9 Å². The Bertz CT molecular complexity index is 250. The molecular formula is C9H13NO3. The van der Waals surface area contributed by atoms with E-state index in [0.29, 0.717) is 12.8 Å². The minimum atomic E-state index is -0.754. The van der Waals surface area contributed by atoms with E-state index >= 15 is 0 Å². The molecule has 0 saturated carbocycles. The molecule has 0 bridgehead atoms. The Morgan fingerprint density at radius 3 is 2.54 bits per heavy atom. The summed E-state index contributed by atoms with van der Waals surface area (Å²) in [6.07, 6.45) is 0.998. The van der Waals surface area contributed by atoms with E-state index in [2.05, 4.69) is 4.74 Å². The van der Waals surface area contributed by atoms with E-state index in [1.807, 2.05) is 6.92 Å². The molecule has 0 aliphatic rings. The zero-order valence-electron chi connectivity index (χ0n) is 7.83. The summed E-state index contributed by atoms with van der Waals surface area (Å²) >= 11 is 0. The quantitative estimate of drug-likeness (QED) is 0.311. The van der Waals surface area contributed by atoms with E-state index < -0.39 is 5.97 Å². The molecule has 0 aromatic heterocycles. The van der Waals surface area contributed by atoms with Crippen LogP contribution in [0.25, 0.3) is 0 Å². The smallest absolute Gasteiger partial charge is 0.352 e. The van der Waals surface area contributed by atoms with Crippen LogP contribution in [0.2, 0.25) is 0 Å². The molecule has 0 atom stereocenters. The third-order valence-corrected chi connectivity index (χ3v) is 1.37. The highest BCUT2D eigenvalue weighted by atomic mass is 16.5. The monoisotopic (exact) mass is 183 g/mol. The summed E-state index contributed by atoms with van der Waals surface area (Å²) in [5, 5.41) is 17.8. The van der Waals surface area contributed by atoms with Crippen molar-refractivity contribution in [3.63, 3.8) is 0 Å². The van der Waals surface area contributed by atoms with Gasteiger partial charge in [0.15, 0.2) is 5.57 Å². The summed E-state index contributed by atoms with van der Waals surface area (Å²) in [7, 11) is 0. The highest BCUT2D eigenvalue weighted by Gasteiger charge is 2.14. The molecule has 0 rings (SSSR count). The van der Waals surface area contributed by atoms with Crippen molar-refractivity contribution in [2.45, 2.75) is 26.7 Å². The Balaban J connectivity index is 4.59. The molecule has 0 aliphatic carbocycles. The molecular weight excluding hydrogens is 170 g/mol. The summed E-state index contributed by atoms with van der Waals surface area (Å²) in [6.45, 7) is 3.68. The number of allylic oxidation sites excluding steroid dienone is 1. The van der Waals surface area contributed by atoms with Crippen molar-refractivity contribution in [3.8, 4) is 6.07 Å². The minimum Gasteiger partial charge on any atom is -0.511 e. The molecule has 0 aliphatic heterocycles.